The Labute approximate surface area is 210 Å². The van der Waals surface area contributed by atoms with E-state index < -0.39 is 5.97 Å². The summed E-state index contributed by atoms with van der Waals surface area (Å²) in [7, 11) is 1.31. The number of aromatic nitrogens is 3. The lowest BCUT2D eigenvalue weighted by Crippen LogP contribution is -2.14. The van der Waals surface area contributed by atoms with Gasteiger partial charge in [-0.15, -0.1) is 10.2 Å². The molecule has 0 aliphatic heterocycles. The number of benzene rings is 3. The van der Waals surface area contributed by atoms with Crippen molar-refractivity contribution >= 4 is 52.5 Å². The standard InChI is InChI=1S/C24H18Cl2N4O3S/c1-33-23(32)15-6-10-17(11-7-15)27-21(31)14-34-24-29-28-22(19-4-2-3-5-20(19)26)30(24)18-12-8-16(25)9-13-18/h2-13H,14H2,1H3,(H,27,31). The fourth-order valence-corrected chi connectivity index (χ4v) is 4.24. The van der Waals surface area contributed by atoms with Crippen molar-refractivity contribution in [3.8, 4) is 17.1 Å². The Morgan fingerprint density at radius 1 is 0.971 bits per heavy atom. The topological polar surface area (TPSA) is 86.1 Å². The average molecular weight is 513 g/mol. The normalized spacial score (nSPS) is 10.7. The number of hydrogen-bond acceptors (Lipinski definition) is 6. The molecule has 0 saturated heterocycles. The number of nitrogens with zero attached hydrogens (tertiary/aromatic N) is 3. The van der Waals surface area contributed by atoms with E-state index in [0.717, 1.165) is 5.69 Å². The summed E-state index contributed by atoms with van der Waals surface area (Å²) in [5.41, 5.74) is 2.46. The smallest absolute Gasteiger partial charge is 0.337 e. The summed E-state index contributed by atoms with van der Waals surface area (Å²) in [4.78, 5) is 24.1. The number of amides is 1. The minimum atomic E-state index is -0.440. The van der Waals surface area contributed by atoms with E-state index >= 15 is 0 Å². The van der Waals surface area contributed by atoms with Crippen LogP contribution in [0.2, 0.25) is 10.0 Å². The molecule has 0 spiro atoms. The molecule has 0 bridgehead atoms. The van der Waals surface area contributed by atoms with Crippen molar-refractivity contribution in [2.24, 2.45) is 0 Å². The van der Waals surface area contributed by atoms with E-state index in [1.807, 2.05) is 34.9 Å². The molecule has 0 saturated carbocycles. The van der Waals surface area contributed by atoms with Crippen molar-refractivity contribution in [3.63, 3.8) is 0 Å². The van der Waals surface area contributed by atoms with Crippen LogP contribution in [0.5, 0.6) is 0 Å². The zero-order valence-electron chi connectivity index (χ0n) is 17.9. The first-order chi connectivity index (χ1) is 16.5. The van der Waals surface area contributed by atoms with Gasteiger partial charge in [0, 0.05) is 22.0 Å². The van der Waals surface area contributed by atoms with Gasteiger partial charge in [0.15, 0.2) is 11.0 Å². The highest BCUT2D eigenvalue weighted by atomic mass is 35.5. The fraction of sp³-hybridized carbons (Fsp3) is 0.0833. The van der Waals surface area contributed by atoms with Gasteiger partial charge < -0.3 is 10.1 Å². The summed E-state index contributed by atoms with van der Waals surface area (Å²) in [5.74, 6) is -0.0354. The van der Waals surface area contributed by atoms with Gasteiger partial charge in [-0.2, -0.15) is 0 Å². The Hall–Kier alpha value is -3.33. The zero-order valence-corrected chi connectivity index (χ0v) is 20.2. The van der Waals surface area contributed by atoms with Crippen LogP contribution in [0, 0.1) is 0 Å². The van der Waals surface area contributed by atoms with Crippen LogP contribution in [0.15, 0.2) is 78.0 Å². The lowest BCUT2D eigenvalue weighted by atomic mass is 10.2. The Morgan fingerprint density at radius 3 is 2.35 bits per heavy atom. The highest BCUT2D eigenvalue weighted by molar-refractivity contribution is 7.99. The maximum Gasteiger partial charge on any atom is 0.337 e. The molecule has 172 valence electrons. The number of carbonyl (C=O) groups is 2. The van der Waals surface area contributed by atoms with E-state index in [0.29, 0.717) is 37.8 Å². The van der Waals surface area contributed by atoms with Crippen LogP contribution in [0.4, 0.5) is 5.69 Å². The number of thioether (sulfide) groups is 1. The molecule has 0 fully saturated rings. The van der Waals surface area contributed by atoms with Gasteiger partial charge in [0.05, 0.1) is 23.4 Å². The molecular weight excluding hydrogens is 495 g/mol. The lowest BCUT2D eigenvalue weighted by Gasteiger charge is -2.11. The van der Waals surface area contributed by atoms with Crippen LogP contribution in [0.1, 0.15) is 10.4 Å². The van der Waals surface area contributed by atoms with Crippen molar-refractivity contribution < 1.29 is 14.3 Å². The molecule has 0 atom stereocenters. The SMILES string of the molecule is COC(=O)c1ccc(NC(=O)CSc2nnc(-c3ccccc3Cl)n2-c2ccc(Cl)cc2)cc1. The van der Waals surface area contributed by atoms with E-state index in [1.165, 1.54) is 18.9 Å². The number of nitrogens with one attached hydrogen (secondary N) is 1. The average Bonchev–Trinajstić information content (AvgIpc) is 3.27. The third-order valence-electron chi connectivity index (χ3n) is 4.76. The van der Waals surface area contributed by atoms with Crippen LogP contribution in [0.3, 0.4) is 0 Å². The van der Waals surface area contributed by atoms with Crippen molar-refractivity contribution in [3.05, 3.63) is 88.4 Å². The second-order valence-corrected chi connectivity index (χ2v) is 8.79. The molecule has 34 heavy (non-hydrogen) atoms. The number of anilines is 1. The van der Waals surface area contributed by atoms with Crippen LogP contribution in [-0.4, -0.2) is 39.5 Å². The van der Waals surface area contributed by atoms with Crippen LogP contribution >= 0.6 is 35.0 Å². The minimum Gasteiger partial charge on any atom is -0.465 e. The maximum absolute atomic E-state index is 12.6. The van der Waals surface area contributed by atoms with Crippen LogP contribution < -0.4 is 5.32 Å². The Bertz CT molecular complexity index is 1330. The summed E-state index contributed by atoms with van der Waals surface area (Å²) >= 11 is 13.7. The molecule has 3 aromatic carbocycles. The Balaban J connectivity index is 1.55. The predicted molar refractivity (Wildman–Crippen MR) is 134 cm³/mol. The Kier molecular flexibility index (Phi) is 7.52. The molecule has 0 aliphatic carbocycles. The molecule has 1 aromatic heterocycles. The van der Waals surface area contributed by atoms with Crippen LogP contribution in [0.25, 0.3) is 17.1 Å². The molecule has 0 unspecified atom stereocenters. The van der Waals surface area contributed by atoms with Gasteiger partial charge in [-0.1, -0.05) is 47.1 Å². The number of rotatable bonds is 7. The Morgan fingerprint density at radius 2 is 1.68 bits per heavy atom. The molecule has 0 aliphatic rings. The monoisotopic (exact) mass is 512 g/mol. The molecule has 7 nitrogen and oxygen atoms in total. The first-order valence-electron chi connectivity index (χ1n) is 10.0. The summed E-state index contributed by atoms with van der Waals surface area (Å²) in [5, 5.41) is 13.1. The van der Waals surface area contributed by atoms with Crippen molar-refractivity contribution in [1.29, 1.82) is 0 Å². The largest absolute Gasteiger partial charge is 0.465 e. The van der Waals surface area contributed by atoms with E-state index in [4.69, 9.17) is 23.2 Å². The lowest BCUT2D eigenvalue weighted by molar-refractivity contribution is -0.113. The molecule has 1 N–H and O–H groups in total. The summed E-state index contributed by atoms with van der Waals surface area (Å²) < 4.78 is 6.51. The number of esters is 1. The predicted octanol–water partition coefficient (Wildman–Crippen LogP) is 5.76. The van der Waals surface area contributed by atoms with Gasteiger partial charge in [-0.25, -0.2) is 4.79 Å². The van der Waals surface area contributed by atoms with Gasteiger partial charge >= 0.3 is 5.97 Å². The highest BCUT2D eigenvalue weighted by Crippen LogP contribution is 2.32. The van der Waals surface area contributed by atoms with Crippen molar-refractivity contribution in [2.45, 2.75) is 5.16 Å². The number of methoxy groups -OCH3 is 1. The van der Waals surface area contributed by atoms with Crippen LogP contribution in [-0.2, 0) is 9.53 Å². The van der Waals surface area contributed by atoms with Gasteiger partial charge in [0.1, 0.15) is 0 Å². The highest BCUT2D eigenvalue weighted by Gasteiger charge is 2.19. The molecule has 4 aromatic rings. The first kappa shape index (κ1) is 23.8. The van der Waals surface area contributed by atoms with Crippen molar-refractivity contribution in [2.75, 3.05) is 18.2 Å². The van der Waals surface area contributed by atoms with Gasteiger partial charge in [0.2, 0.25) is 5.91 Å². The number of halogens is 2. The van der Waals surface area contributed by atoms with E-state index in [9.17, 15) is 9.59 Å². The fourth-order valence-electron chi connectivity index (χ4n) is 3.14. The number of hydrogen-bond donors (Lipinski definition) is 1. The van der Waals surface area contributed by atoms with Gasteiger partial charge in [-0.3, -0.25) is 9.36 Å². The van der Waals surface area contributed by atoms with Gasteiger partial charge in [-0.05, 0) is 60.7 Å². The second kappa shape index (κ2) is 10.7. The summed E-state index contributed by atoms with van der Waals surface area (Å²) in [6, 6.07) is 21.0. The van der Waals surface area contributed by atoms with E-state index in [-0.39, 0.29) is 11.7 Å². The van der Waals surface area contributed by atoms with Gasteiger partial charge in [0.25, 0.3) is 0 Å². The molecule has 1 heterocycles. The molecule has 10 heteroatoms. The zero-order chi connectivity index (χ0) is 24.1. The van der Waals surface area contributed by atoms with E-state index in [1.54, 1.807) is 42.5 Å². The quantitative estimate of drug-likeness (QED) is 0.250. The number of carbonyl (C=O) groups excluding carboxylic acids is 2. The molecular formula is C24H18Cl2N4O3S. The maximum atomic E-state index is 12.6. The first-order valence-corrected chi connectivity index (χ1v) is 11.8. The molecule has 4 rings (SSSR count). The van der Waals surface area contributed by atoms with E-state index in [2.05, 4.69) is 20.3 Å². The summed E-state index contributed by atoms with van der Waals surface area (Å²) in [6.07, 6.45) is 0. The third kappa shape index (κ3) is 5.41. The minimum absolute atomic E-state index is 0.0903. The molecule has 1 amide bonds. The number of ether oxygens (including phenoxy) is 1. The summed E-state index contributed by atoms with van der Waals surface area (Å²) in [6.45, 7) is 0. The van der Waals surface area contributed by atoms with Crippen molar-refractivity contribution in [1.82, 2.24) is 14.8 Å². The molecule has 0 radical (unpaired) electrons. The third-order valence-corrected chi connectivity index (χ3v) is 6.27. The second-order valence-electron chi connectivity index (χ2n) is 7.00.